The van der Waals surface area contributed by atoms with E-state index in [4.69, 9.17) is 0 Å². The van der Waals surface area contributed by atoms with Gasteiger partial charge in [0.15, 0.2) is 0 Å². The molecule has 1 saturated carbocycles. The van der Waals surface area contributed by atoms with Crippen molar-refractivity contribution in [1.82, 2.24) is 5.32 Å². The Labute approximate surface area is 101 Å². The van der Waals surface area contributed by atoms with Crippen LogP contribution in [0.2, 0.25) is 0 Å². The number of carbonyl (C=O) groups excluding carboxylic acids is 1. The predicted molar refractivity (Wildman–Crippen MR) is 61.0 cm³/mol. The fourth-order valence-electron chi connectivity index (χ4n) is 2.20. The number of carbonyl (C=O) groups is 1. The summed E-state index contributed by atoms with van der Waals surface area (Å²) in [5.74, 6) is -0.109. The smallest absolute Gasteiger partial charge is 0.261 e. The zero-order valence-electron chi connectivity index (χ0n) is 10.5. The molecule has 0 aromatic carbocycles. The molecule has 100 valence electrons. The van der Waals surface area contributed by atoms with Gasteiger partial charge in [0.05, 0.1) is 6.61 Å². The second kappa shape index (κ2) is 6.28. The first kappa shape index (κ1) is 14.4. The van der Waals surface area contributed by atoms with Crippen LogP contribution in [0.3, 0.4) is 0 Å². The molecule has 0 radical (unpaired) electrons. The van der Waals surface area contributed by atoms with E-state index in [0.29, 0.717) is 5.41 Å². The van der Waals surface area contributed by atoms with Gasteiger partial charge < -0.3 is 10.1 Å². The van der Waals surface area contributed by atoms with Crippen LogP contribution >= 0.6 is 0 Å². The summed E-state index contributed by atoms with van der Waals surface area (Å²) in [6.45, 7) is 3.84. The minimum atomic E-state index is -2.46. The summed E-state index contributed by atoms with van der Waals surface area (Å²) < 4.78 is 28.2. The van der Waals surface area contributed by atoms with E-state index < -0.39 is 13.0 Å². The van der Waals surface area contributed by atoms with Crippen molar-refractivity contribution in [3.63, 3.8) is 0 Å². The molecular formula is C12H21F2NO2. The average Bonchev–Trinajstić information content (AvgIpc) is 2.52. The summed E-state index contributed by atoms with van der Waals surface area (Å²) in [6, 6.07) is 0.229. The van der Waals surface area contributed by atoms with E-state index in [1.165, 1.54) is 0 Å². The van der Waals surface area contributed by atoms with E-state index in [9.17, 15) is 13.6 Å². The van der Waals surface area contributed by atoms with Gasteiger partial charge in [-0.3, -0.25) is 4.79 Å². The Kier molecular flexibility index (Phi) is 5.31. The Balaban J connectivity index is 2.09. The molecule has 1 fully saturated rings. The van der Waals surface area contributed by atoms with Gasteiger partial charge in [-0.1, -0.05) is 13.8 Å². The van der Waals surface area contributed by atoms with Crippen LogP contribution in [-0.4, -0.2) is 31.6 Å². The molecule has 0 aromatic heterocycles. The molecule has 1 atom stereocenters. The number of nitrogens with one attached hydrogen (secondary N) is 1. The molecule has 3 nitrogen and oxygen atoms in total. The van der Waals surface area contributed by atoms with Crippen molar-refractivity contribution in [3.8, 4) is 0 Å². The summed E-state index contributed by atoms with van der Waals surface area (Å²) in [5.41, 5.74) is 0.296. The van der Waals surface area contributed by atoms with Crippen LogP contribution in [0.5, 0.6) is 0 Å². The molecule has 5 heteroatoms. The third-order valence-electron chi connectivity index (χ3n) is 3.05. The van der Waals surface area contributed by atoms with Gasteiger partial charge in [0.25, 0.3) is 6.43 Å². The van der Waals surface area contributed by atoms with Crippen LogP contribution in [0.15, 0.2) is 0 Å². The fraction of sp³-hybridized carbons (Fsp3) is 0.917. The SMILES string of the molecule is CC1(C)CCC(NC(=O)CCOCC(F)F)C1. The van der Waals surface area contributed by atoms with Crippen molar-refractivity contribution in [3.05, 3.63) is 0 Å². The van der Waals surface area contributed by atoms with Crippen LogP contribution in [0.4, 0.5) is 8.78 Å². The van der Waals surface area contributed by atoms with E-state index in [2.05, 4.69) is 23.9 Å². The van der Waals surface area contributed by atoms with E-state index in [1.54, 1.807) is 0 Å². The normalized spacial score (nSPS) is 23.0. The van der Waals surface area contributed by atoms with Crippen molar-refractivity contribution in [1.29, 1.82) is 0 Å². The van der Waals surface area contributed by atoms with Gasteiger partial charge in [-0.2, -0.15) is 0 Å². The number of halogens is 2. The number of rotatable bonds is 6. The summed E-state index contributed by atoms with van der Waals surface area (Å²) >= 11 is 0. The number of hydrogen-bond acceptors (Lipinski definition) is 2. The largest absolute Gasteiger partial charge is 0.375 e. The van der Waals surface area contributed by atoms with Gasteiger partial charge in [0, 0.05) is 12.5 Å². The highest BCUT2D eigenvalue weighted by Crippen LogP contribution is 2.36. The molecule has 17 heavy (non-hydrogen) atoms. The molecule has 1 rings (SSSR count). The first-order valence-electron chi connectivity index (χ1n) is 6.04. The van der Waals surface area contributed by atoms with Crippen LogP contribution in [-0.2, 0) is 9.53 Å². The Morgan fingerprint density at radius 1 is 1.53 bits per heavy atom. The first-order chi connectivity index (χ1) is 7.89. The first-order valence-corrected chi connectivity index (χ1v) is 6.04. The van der Waals surface area contributed by atoms with Gasteiger partial charge in [-0.25, -0.2) is 8.78 Å². The highest BCUT2D eigenvalue weighted by molar-refractivity contribution is 5.76. The lowest BCUT2D eigenvalue weighted by molar-refractivity contribution is -0.123. The second-order valence-corrected chi connectivity index (χ2v) is 5.39. The number of alkyl halides is 2. The molecule has 0 aliphatic heterocycles. The van der Waals surface area contributed by atoms with Crippen LogP contribution < -0.4 is 5.32 Å². The van der Waals surface area contributed by atoms with Crippen LogP contribution in [0.25, 0.3) is 0 Å². The second-order valence-electron chi connectivity index (χ2n) is 5.39. The van der Waals surface area contributed by atoms with Crippen molar-refractivity contribution >= 4 is 5.91 Å². The van der Waals surface area contributed by atoms with Gasteiger partial charge in [0.2, 0.25) is 5.91 Å². The number of ether oxygens (including phenoxy) is 1. The minimum Gasteiger partial charge on any atom is -0.375 e. The summed E-state index contributed by atoms with van der Waals surface area (Å²) in [5, 5.41) is 2.92. The molecule has 1 aliphatic rings. The molecule has 1 unspecified atom stereocenters. The average molecular weight is 249 g/mol. The van der Waals surface area contributed by atoms with Gasteiger partial charge >= 0.3 is 0 Å². The van der Waals surface area contributed by atoms with E-state index >= 15 is 0 Å². The van der Waals surface area contributed by atoms with E-state index in [-0.39, 0.29) is 25.0 Å². The molecule has 1 aliphatic carbocycles. The fourth-order valence-corrected chi connectivity index (χ4v) is 2.20. The van der Waals surface area contributed by atoms with Gasteiger partial charge in [-0.05, 0) is 24.7 Å². The molecule has 0 saturated heterocycles. The maximum atomic E-state index is 11.7. The topological polar surface area (TPSA) is 38.3 Å². The monoisotopic (exact) mass is 249 g/mol. The Morgan fingerprint density at radius 2 is 2.24 bits per heavy atom. The van der Waals surface area contributed by atoms with Gasteiger partial charge in [-0.15, -0.1) is 0 Å². The zero-order chi connectivity index (χ0) is 12.9. The maximum absolute atomic E-state index is 11.7. The van der Waals surface area contributed by atoms with E-state index in [0.717, 1.165) is 19.3 Å². The van der Waals surface area contributed by atoms with Gasteiger partial charge in [0.1, 0.15) is 6.61 Å². The molecule has 1 amide bonds. The predicted octanol–water partition coefficient (Wildman–Crippen LogP) is 2.35. The molecule has 0 heterocycles. The van der Waals surface area contributed by atoms with Crippen molar-refractivity contribution in [2.75, 3.05) is 13.2 Å². The number of amides is 1. The Hall–Kier alpha value is -0.710. The molecule has 1 N–H and O–H groups in total. The van der Waals surface area contributed by atoms with Crippen LogP contribution in [0.1, 0.15) is 39.5 Å². The van der Waals surface area contributed by atoms with Crippen LogP contribution in [0, 0.1) is 5.41 Å². The summed E-state index contributed by atoms with van der Waals surface area (Å²) in [7, 11) is 0. The standard InChI is InChI=1S/C12H21F2NO2/c1-12(2)5-3-9(7-12)15-11(16)4-6-17-8-10(13)14/h9-10H,3-8H2,1-2H3,(H,15,16). The molecule has 0 spiro atoms. The molecule has 0 aromatic rings. The minimum absolute atomic E-state index is 0.0618. The third kappa shape index (κ3) is 5.96. The maximum Gasteiger partial charge on any atom is 0.261 e. The Bertz CT molecular complexity index is 257. The zero-order valence-corrected chi connectivity index (χ0v) is 10.5. The molecule has 0 bridgehead atoms. The number of hydrogen-bond donors (Lipinski definition) is 1. The third-order valence-corrected chi connectivity index (χ3v) is 3.05. The van der Waals surface area contributed by atoms with Crippen molar-refractivity contribution < 1.29 is 18.3 Å². The van der Waals surface area contributed by atoms with Crippen molar-refractivity contribution in [2.24, 2.45) is 5.41 Å². The summed E-state index contributed by atoms with van der Waals surface area (Å²) in [6.07, 6.45) is 0.783. The summed E-state index contributed by atoms with van der Waals surface area (Å²) in [4.78, 5) is 11.5. The van der Waals surface area contributed by atoms with Crippen molar-refractivity contribution in [2.45, 2.75) is 52.0 Å². The highest BCUT2D eigenvalue weighted by atomic mass is 19.3. The Morgan fingerprint density at radius 3 is 2.76 bits per heavy atom. The molecular weight excluding hydrogens is 228 g/mol. The van der Waals surface area contributed by atoms with E-state index in [1.807, 2.05) is 0 Å². The quantitative estimate of drug-likeness (QED) is 0.734. The lowest BCUT2D eigenvalue weighted by Crippen LogP contribution is -2.34. The highest BCUT2D eigenvalue weighted by Gasteiger charge is 2.31. The lowest BCUT2D eigenvalue weighted by atomic mass is 9.92. The lowest BCUT2D eigenvalue weighted by Gasteiger charge is -2.17.